The summed E-state index contributed by atoms with van der Waals surface area (Å²) in [6, 6.07) is 21.9. The van der Waals surface area contributed by atoms with Gasteiger partial charge >= 0.3 is 6.09 Å². The monoisotopic (exact) mass is 648 g/mol. The summed E-state index contributed by atoms with van der Waals surface area (Å²) in [7, 11) is 1.65. The molecule has 250 valence electrons. The van der Waals surface area contributed by atoms with Gasteiger partial charge in [0.05, 0.1) is 24.8 Å². The highest BCUT2D eigenvalue weighted by Crippen LogP contribution is 2.58. The fourth-order valence-corrected chi connectivity index (χ4v) is 7.67. The summed E-state index contributed by atoms with van der Waals surface area (Å²) in [6.07, 6.45) is 6.96. The second-order valence-electron chi connectivity index (χ2n) is 14.8. The van der Waals surface area contributed by atoms with E-state index in [0.29, 0.717) is 25.4 Å². The third kappa shape index (κ3) is 5.80. The van der Waals surface area contributed by atoms with Crippen LogP contribution in [0.2, 0.25) is 0 Å². The number of benzene rings is 3. The van der Waals surface area contributed by atoms with E-state index in [9.17, 15) is 9.59 Å². The average Bonchev–Trinajstić information content (AvgIpc) is 3.25. The molecule has 0 aromatic heterocycles. The lowest BCUT2D eigenvalue weighted by Crippen LogP contribution is -2.66. The Hall–Kier alpha value is -4.79. The summed E-state index contributed by atoms with van der Waals surface area (Å²) < 4.78 is 17.8. The van der Waals surface area contributed by atoms with Gasteiger partial charge in [-0.1, -0.05) is 36.8 Å². The molecule has 7 rings (SSSR count). The van der Waals surface area contributed by atoms with Crippen LogP contribution in [0, 0.1) is 10.8 Å². The molecule has 4 aliphatic rings. The maximum absolute atomic E-state index is 14.4. The van der Waals surface area contributed by atoms with Crippen LogP contribution in [-0.4, -0.2) is 55.0 Å². The van der Waals surface area contributed by atoms with E-state index in [2.05, 4.69) is 11.4 Å². The van der Waals surface area contributed by atoms with Crippen LogP contribution in [-0.2, 0) is 21.5 Å². The molecular weight excluding hydrogens is 604 g/mol. The Balaban J connectivity index is 1.21. The lowest BCUT2D eigenvalue weighted by molar-refractivity contribution is -0.126. The molecular formula is C39H44N4O5. The van der Waals surface area contributed by atoms with Crippen molar-refractivity contribution in [3.63, 3.8) is 0 Å². The molecule has 2 amide bonds. The Morgan fingerprint density at radius 2 is 1.75 bits per heavy atom. The maximum atomic E-state index is 14.4. The molecule has 9 heteroatoms. The first-order chi connectivity index (χ1) is 23.0. The molecule has 3 fully saturated rings. The molecule has 2 heterocycles. The number of methoxy groups -OCH3 is 1. The minimum atomic E-state index is -0.582. The molecule has 2 N–H and O–H groups in total. The first-order valence-corrected chi connectivity index (χ1v) is 16.8. The number of hydrogen-bond acceptors (Lipinski definition) is 7. The lowest BCUT2D eigenvalue weighted by atomic mass is 9.62. The van der Waals surface area contributed by atoms with E-state index in [0.717, 1.165) is 71.6 Å². The van der Waals surface area contributed by atoms with Crippen molar-refractivity contribution in [2.75, 3.05) is 30.4 Å². The first-order valence-electron chi connectivity index (χ1n) is 16.8. The van der Waals surface area contributed by atoms with Gasteiger partial charge in [0.25, 0.3) is 0 Å². The van der Waals surface area contributed by atoms with Crippen molar-refractivity contribution in [2.24, 2.45) is 5.41 Å². The number of allylic oxidation sites excluding steroid dienone is 1. The van der Waals surface area contributed by atoms with Gasteiger partial charge in [0, 0.05) is 41.7 Å². The Bertz CT molecular complexity index is 1740. The van der Waals surface area contributed by atoms with E-state index in [-0.39, 0.29) is 23.5 Å². The van der Waals surface area contributed by atoms with Crippen molar-refractivity contribution in [2.45, 2.75) is 76.5 Å². The second-order valence-corrected chi connectivity index (χ2v) is 14.8. The van der Waals surface area contributed by atoms with E-state index in [1.807, 2.05) is 86.3 Å². The summed E-state index contributed by atoms with van der Waals surface area (Å²) in [6.45, 7) is 7.41. The quantitative estimate of drug-likeness (QED) is 0.232. The van der Waals surface area contributed by atoms with Gasteiger partial charge in [-0.2, -0.15) is 0 Å². The zero-order valence-electron chi connectivity index (χ0n) is 28.2. The van der Waals surface area contributed by atoms with Crippen LogP contribution >= 0.6 is 0 Å². The molecule has 0 atom stereocenters. The minimum Gasteiger partial charge on any atom is -0.497 e. The zero-order valence-corrected chi connectivity index (χ0v) is 28.2. The number of ether oxygens (including phenoxy) is 3. The van der Waals surface area contributed by atoms with Crippen LogP contribution in [0.25, 0.3) is 5.70 Å². The van der Waals surface area contributed by atoms with Gasteiger partial charge in [0.15, 0.2) is 0 Å². The largest absolute Gasteiger partial charge is 0.497 e. The molecule has 3 aromatic rings. The number of carbonyl (C=O) groups excluding carboxylic acids is 2. The van der Waals surface area contributed by atoms with E-state index in [1.165, 1.54) is 6.21 Å². The molecule has 48 heavy (non-hydrogen) atoms. The van der Waals surface area contributed by atoms with Crippen LogP contribution < -0.4 is 19.7 Å². The Labute approximate surface area is 282 Å². The Kier molecular flexibility index (Phi) is 7.96. The van der Waals surface area contributed by atoms with Crippen molar-refractivity contribution in [1.29, 1.82) is 5.41 Å². The summed E-state index contributed by atoms with van der Waals surface area (Å²) in [5.74, 6) is 1.57. The highest BCUT2D eigenvalue weighted by molar-refractivity contribution is 6.10. The van der Waals surface area contributed by atoms with Crippen molar-refractivity contribution in [3.8, 4) is 11.5 Å². The topological polar surface area (TPSA) is 104 Å². The van der Waals surface area contributed by atoms with Crippen LogP contribution in [0.5, 0.6) is 11.5 Å². The molecule has 2 saturated carbocycles. The number of rotatable bonds is 9. The number of carbonyl (C=O) groups is 2. The highest BCUT2D eigenvalue weighted by Gasteiger charge is 2.58. The van der Waals surface area contributed by atoms with Gasteiger partial charge in [0.1, 0.15) is 23.2 Å². The smallest absolute Gasteiger partial charge is 0.410 e. The average molecular weight is 649 g/mol. The molecule has 2 aliphatic carbocycles. The van der Waals surface area contributed by atoms with E-state index >= 15 is 0 Å². The number of nitrogens with zero attached hydrogens (tertiary/aromatic N) is 2. The molecule has 2 spiro atoms. The van der Waals surface area contributed by atoms with Gasteiger partial charge < -0.3 is 34.7 Å². The molecule has 1 saturated heterocycles. The number of para-hydroxylation sites is 1. The third-order valence-electron chi connectivity index (χ3n) is 10.2. The van der Waals surface area contributed by atoms with Gasteiger partial charge in [0.2, 0.25) is 5.91 Å². The lowest BCUT2D eigenvalue weighted by Gasteiger charge is -2.58. The summed E-state index contributed by atoms with van der Waals surface area (Å²) in [5.41, 5.74) is 4.32. The van der Waals surface area contributed by atoms with Gasteiger partial charge in [-0.25, -0.2) is 4.79 Å². The van der Waals surface area contributed by atoms with Crippen LogP contribution in [0.1, 0.15) is 69.6 Å². The van der Waals surface area contributed by atoms with E-state index in [1.54, 1.807) is 18.1 Å². The van der Waals surface area contributed by atoms with E-state index < -0.39 is 11.0 Å². The fraction of sp³-hybridized carbons (Fsp3) is 0.410. The summed E-state index contributed by atoms with van der Waals surface area (Å²) in [4.78, 5) is 30.7. The number of likely N-dealkylation sites (tertiary alicyclic amines) is 1. The number of anilines is 2. The number of fused-ring (bicyclic) bond motifs is 2. The van der Waals surface area contributed by atoms with Gasteiger partial charge in [-0.3, -0.25) is 4.79 Å². The van der Waals surface area contributed by atoms with Crippen molar-refractivity contribution >= 4 is 35.3 Å². The maximum Gasteiger partial charge on any atom is 0.410 e. The van der Waals surface area contributed by atoms with Crippen LogP contribution in [0.4, 0.5) is 16.2 Å². The summed E-state index contributed by atoms with van der Waals surface area (Å²) >= 11 is 0. The number of amides is 2. The van der Waals surface area contributed by atoms with Crippen molar-refractivity contribution < 1.29 is 23.8 Å². The molecule has 0 bridgehead atoms. The normalized spacial score (nSPS) is 19.2. The minimum absolute atomic E-state index is 0.0380. The van der Waals surface area contributed by atoms with Crippen LogP contribution in [0.15, 0.2) is 72.8 Å². The van der Waals surface area contributed by atoms with Crippen molar-refractivity contribution in [3.05, 3.63) is 89.5 Å². The SMILES string of the molecule is COc1ccc(CN2C(=O)C3(CCC3)c3cc(/C(=C/C=N)Nc4ccccc4)cc(OC4CC5(C4)CN(C(=O)OC(C)(C)C)C5)c32)cc1. The highest BCUT2D eigenvalue weighted by atomic mass is 16.6. The van der Waals surface area contributed by atoms with Gasteiger partial charge in [-0.05, 0) is 100 Å². The van der Waals surface area contributed by atoms with Crippen LogP contribution in [0.3, 0.4) is 0 Å². The molecule has 9 nitrogen and oxygen atoms in total. The number of nitrogens with one attached hydrogen (secondary N) is 2. The molecule has 2 aliphatic heterocycles. The standard InChI is InChI=1S/C39H44N4O5/c1-37(2,3)48-36(45)42-24-38(25-42)21-30(22-38)47-33-20-27(32(15-18-40)41-28-9-6-5-7-10-28)19-31-34(33)43(35(44)39(31)16-8-17-39)23-26-11-13-29(46-4)14-12-26/h5-7,9-15,18-20,30,40-41H,8,16-17,21-25H2,1-4H3/b32-15-,40-18?. The van der Waals surface area contributed by atoms with Gasteiger partial charge in [-0.15, -0.1) is 0 Å². The fourth-order valence-electron chi connectivity index (χ4n) is 7.67. The Morgan fingerprint density at radius 1 is 1.04 bits per heavy atom. The second kappa shape index (κ2) is 12.0. The third-order valence-corrected chi connectivity index (χ3v) is 10.2. The molecule has 0 unspecified atom stereocenters. The predicted octanol–water partition coefficient (Wildman–Crippen LogP) is 7.54. The van der Waals surface area contributed by atoms with E-state index in [4.69, 9.17) is 19.6 Å². The zero-order chi connectivity index (χ0) is 33.7. The molecule has 3 aromatic carbocycles. The summed E-state index contributed by atoms with van der Waals surface area (Å²) in [5, 5.41) is 11.4. The predicted molar refractivity (Wildman–Crippen MR) is 187 cm³/mol. The van der Waals surface area contributed by atoms with Crippen molar-refractivity contribution in [1.82, 2.24) is 4.90 Å². The molecule has 0 radical (unpaired) electrons. The number of hydrogen-bond donors (Lipinski definition) is 2. The first kappa shape index (κ1) is 31.8. The Morgan fingerprint density at radius 3 is 2.35 bits per heavy atom.